The molecule has 10 nitrogen and oxygen atoms in total. The first-order valence-electron chi connectivity index (χ1n) is 10.3. The Balaban J connectivity index is 1.87. The highest BCUT2D eigenvalue weighted by Crippen LogP contribution is 2.21. The number of hydrogen-bond acceptors (Lipinski definition) is 6. The van der Waals surface area contributed by atoms with Crippen LogP contribution in [0.4, 0.5) is 9.18 Å². The minimum Gasteiger partial charge on any atom is -0.481 e. The van der Waals surface area contributed by atoms with E-state index in [1.54, 1.807) is 20.8 Å². The molecule has 0 radical (unpaired) electrons. The van der Waals surface area contributed by atoms with Gasteiger partial charge in [-0.2, -0.15) is 0 Å². The first-order chi connectivity index (χ1) is 15.9. The van der Waals surface area contributed by atoms with Crippen molar-refractivity contribution in [3.63, 3.8) is 0 Å². The Morgan fingerprint density at radius 3 is 2.00 bits per heavy atom. The van der Waals surface area contributed by atoms with Crippen LogP contribution in [0.1, 0.15) is 44.0 Å². The highest BCUT2D eigenvalue weighted by Gasteiger charge is 2.23. The van der Waals surface area contributed by atoms with Crippen LogP contribution in [0.25, 0.3) is 0 Å². The van der Waals surface area contributed by atoms with Gasteiger partial charge in [-0.25, -0.2) is 9.18 Å². The van der Waals surface area contributed by atoms with Gasteiger partial charge in [0.15, 0.2) is 0 Å². The zero-order valence-electron chi connectivity index (χ0n) is 18.9. The smallest absolute Gasteiger partial charge is 0.407 e. The van der Waals surface area contributed by atoms with Crippen molar-refractivity contribution in [2.45, 2.75) is 45.3 Å². The quantitative estimate of drug-likeness (QED) is 0.430. The van der Waals surface area contributed by atoms with Crippen LogP contribution in [0.15, 0.2) is 48.5 Å². The Bertz CT molecular complexity index is 1020. The number of hydrogen-bond donors (Lipinski definition) is 4. The minimum atomic E-state index is -1.22. The van der Waals surface area contributed by atoms with Crippen LogP contribution in [0.5, 0.6) is 11.5 Å². The Morgan fingerprint density at radius 2 is 1.47 bits per heavy atom. The number of carbonyl (C=O) groups excluding carboxylic acids is 3. The van der Waals surface area contributed by atoms with E-state index in [0.717, 1.165) is 0 Å². The molecule has 0 aromatic heterocycles. The highest BCUT2D eigenvalue weighted by molar-refractivity contribution is 5.95. The molecule has 4 N–H and O–H groups in total. The van der Waals surface area contributed by atoms with E-state index in [0.29, 0.717) is 11.5 Å². The van der Waals surface area contributed by atoms with Gasteiger partial charge in [-0.05, 0) is 69.3 Å². The molecule has 0 saturated carbocycles. The number of carboxylic acid groups (broad SMARTS) is 1. The molecule has 11 heteroatoms. The second kappa shape index (κ2) is 11.6. The fourth-order valence-corrected chi connectivity index (χ4v) is 2.65. The summed E-state index contributed by atoms with van der Waals surface area (Å²) in [7, 11) is 0. The lowest BCUT2D eigenvalue weighted by Gasteiger charge is -2.22. The van der Waals surface area contributed by atoms with Crippen LogP contribution in [0.2, 0.25) is 0 Å². The van der Waals surface area contributed by atoms with Gasteiger partial charge < -0.3 is 19.9 Å². The normalized spacial score (nSPS) is 11.6. The van der Waals surface area contributed by atoms with Crippen LogP contribution >= 0.6 is 0 Å². The first-order valence-corrected chi connectivity index (χ1v) is 10.3. The van der Waals surface area contributed by atoms with E-state index in [-0.39, 0.29) is 5.56 Å². The van der Waals surface area contributed by atoms with Crippen molar-refractivity contribution in [3.05, 3.63) is 59.9 Å². The monoisotopic (exact) mass is 475 g/mol. The van der Waals surface area contributed by atoms with E-state index in [4.69, 9.17) is 14.6 Å². The topological polar surface area (TPSA) is 143 Å². The maximum absolute atomic E-state index is 13.0. The number of halogens is 1. The van der Waals surface area contributed by atoms with Gasteiger partial charge in [0.2, 0.25) is 5.91 Å². The summed E-state index contributed by atoms with van der Waals surface area (Å²) >= 11 is 0. The van der Waals surface area contributed by atoms with Crippen LogP contribution in [0, 0.1) is 5.82 Å². The summed E-state index contributed by atoms with van der Waals surface area (Å²) in [5.41, 5.74) is 3.80. The van der Waals surface area contributed by atoms with Gasteiger partial charge in [0.05, 0.1) is 12.5 Å². The summed E-state index contributed by atoms with van der Waals surface area (Å²) in [6.45, 7) is 4.92. The molecule has 2 rings (SSSR count). The molecule has 0 aliphatic rings. The molecule has 0 heterocycles. The van der Waals surface area contributed by atoms with E-state index < -0.39 is 54.2 Å². The summed E-state index contributed by atoms with van der Waals surface area (Å²) in [4.78, 5) is 47.4. The van der Waals surface area contributed by atoms with Crippen molar-refractivity contribution in [1.82, 2.24) is 16.2 Å². The lowest BCUT2D eigenvalue weighted by atomic mass is 10.1. The molecule has 2 aromatic carbocycles. The second-order valence-electron chi connectivity index (χ2n) is 8.23. The Kier molecular flexibility index (Phi) is 8.94. The number of hydrazine groups is 1. The van der Waals surface area contributed by atoms with Crippen molar-refractivity contribution >= 4 is 23.9 Å². The molecule has 0 aliphatic heterocycles. The third-order valence-electron chi connectivity index (χ3n) is 4.05. The van der Waals surface area contributed by atoms with Crippen molar-refractivity contribution < 1.29 is 38.1 Å². The van der Waals surface area contributed by atoms with Crippen LogP contribution in [0.3, 0.4) is 0 Å². The number of carboxylic acids is 1. The predicted molar refractivity (Wildman–Crippen MR) is 119 cm³/mol. The number of benzene rings is 2. The Labute approximate surface area is 195 Å². The number of nitrogens with one attached hydrogen (secondary N) is 3. The molecule has 0 saturated heterocycles. The molecular formula is C23H26FN3O7. The molecule has 34 heavy (non-hydrogen) atoms. The summed E-state index contributed by atoms with van der Waals surface area (Å²) in [6.07, 6.45) is -1.79. The molecule has 1 unspecified atom stereocenters. The van der Waals surface area contributed by atoms with Crippen LogP contribution in [-0.2, 0) is 14.3 Å². The van der Waals surface area contributed by atoms with Crippen molar-refractivity contribution in [2.75, 3.05) is 0 Å². The Morgan fingerprint density at radius 1 is 0.912 bits per heavy atom. The van der Waals surface area contributed by atoms with Gasteiger partial charge in [-0.1, -0.05) is 0 Å². The van der Waals surface area contributed by atoms with E-state index in [1.165, 1.54) is 48.5 Å². The molecule has 0 bridgehead atoms. The number of aliphatic carboxylic acids is 1. The summed E-state index contributed by atoms with van der Waals surface area (Å²) in [5, 5.41) is 11.4. The highest BCUT2D eigenvalue weighted by atomic mass is 19.1. The molecule has 0 fully saturated rings. The second-order valence-corrected chi connectivity index (χ2v) is 8.23. The lowest BCUT2D eigenvalue weighted by molar-refractivity contribution is -0.137. The molecule has 3 amide bonds. The lowest BCUT2D eigenvalue weighted by Crippen LogP contribution is -2.46. The van der Waals surface area contributed by atoms with Crippen LogP contribution in [-0.4, -0.2) is 40.6 Å². The van der Waals surface area contributed by atoms with Gasteiger partial charge in [0.1, 0.15) is 22.9 Å². The molecular weight excluding hydrogens is 449 g/mol. The fraction of sp³-hybridized carbons (Fsp3) is 0.304. The predicted octanol–water partition coefficient (Wildman–Crippen LogP) is 3.14. The van der Waals surface area contributed by atoms with E-state index in [1.807, 2.05) is 0 Å². The number of ether oxygens (including phenoxy) is 2. The average molecular weight is 475 g/mol. The Hall–Kier alpha value is -4.15. The summed E-state index contributed by atoms with van der Waals surface area (Å²) in [6, 6.07) is 10.3. The van der Waals surface area contributed by atoms with Gasteiger partial charge in [-0.3, -0.25) is 25.2 Å². The van der Waals surface area contributed by atoms with Crippen LogP contribution < -0.4 is 20.9 Å². The maximum atomic E-state index is 13.0. The van der Waals surface area contributed by atoms with Gasteiger partial charge in [0.25, 0.3) is 5.91 Å². The largest absolute Gasteiger partial charge is 0.481 e. The molecule has 0 spiro atoms. The number of amides is 3. The zero-order valence-corrected chi connectivity index (χ0v) is 18.9. The number of carbonyl (C=O) groups is 4. The third-order valence-corrected chi connectivity index (χ3v) is 4.05. The molecule has 1 atom stereocenters. The van der Waals surface area contributed by atoms with Gasteiger partial charge in [-0.15, -0.1) is 0 Å². The number of rotatable bonds is 8. The standard InChI is InChI=1S/C23H26FN3O7/c1-23(2,3)34-22(32)25-16(13-20(29)30)12-19(28)26-27-21(31)14-4-8-17(9-5-14)33-18-10-6-15(24)7-11-18/h4-11,16H,12-13H2,1-3H3,(H,25,32)(H,26,28)(H,27,31)(H,29,30). The molecule has 0 aliphatic carbocycles. The van der Waals surface area contributed by atoms with E-state index in [2.05, 4.69) is 16.2 Å². The van der Waals surface area contributed by atoms with Crippen molar-refractivity contribution in [1.29, 1.82) is 0 Å². The fourth-order valence-electron chi connectivity index (χ4n) is 2.65. The van der Waals surface area contributed by atoms with Crippen molar-refractivity contribution in [3.8, 4) is 11.5 Å². The average Bonchev–Trinajstić information content (AvgIpc) is 2.72. The zero-order chi connectivity index (χ0) is 25.3. The summed E-state index contributed by atoms with van der Waals surface area (Å²) < 4.78 is 23.6. The van der Waals surface area contributed by atoms with Crippen molar-refractivity contribution in [2.24, 2.45) is 0 Å². The minimum absolute atomic E-state index is 0.209. The number of alkyl carbamates (subject to hydrolysis) is 1. The third kappa shape index (κ3) is 9.55. The van der Waals surface area contributed by atoms with E-state index in [9.17, 15) is 23.6 Å². The van der Waals surface area contributed by atoms with Gasteiger partial charge >= 0.3 is 12.1 Å². The molecule has 182 valence electrons. The first kappa shape index (κ1) is 26.1. The summed E-state index contributed by atoms with van der Waals surface area (Å²) in [5.74, 6) is -2.13. The SMILES string of the molecule is CC(C)(C)OC(=O)NC(CC(=O)O)CC(=O)NNC(=O)c1ccc(Oc2ccc(F)cc2)cc1. The maximum Gasteiger partial charge on any atom is 0.407 e. The van der Waals surface area contributed by atoms with Gasteiger partial charge in [0, 0.05) is 12.0 Å². The van der Waals surface area contributed by atoms with E-state index >= 15 is 0 Å². The molecule has 2 aromatic rings.